The van der Waals surface area contributed by atoms with Gasteiger partial charge in [-0.25, -0.2) is 0 Å². The Kier molecular flexibility index (Phi) is 5.01. The molecule has 6 heteroatoms. The Morgan fingerprint density at radius 2 is 2.12 bits per heavy atom. The van der Waals surface area contributed by atoms with E-state index >= 15 is 0 Å². The van der Waals surface area contributed by atoms with Gasteiger partial charge in [0.15, 0.2) is 0 Å². The summed E-state index contributed by atoms with van der Waals surface area (Å²) in [4.78, 5) is 2.06. The summed E-state index contributed by atoms with van der Waals surface area (Å²) >= 11 is 0. The molecule has 1 saturated heterocycles. The lowest BCUT2D eigenvalue weighted by Gasteiger charge is -2.34. The Labute approximate surface area is 93.7 Å². The van der Waals surface area contributed by atoms with Crippen molar-refractivity contribution in [2.24, 2.45) is 11.7 Å². The molecular formula is C10H19F3N2O. The summed E-state index contributed by atoms with van der Waals surface area (Å²) in [7, 11) is 0. The van der Waals surface area contributed by atoms with Gasteiger partial charge in [0.2, 0.25) is 0 Å². The molecule has 1 rings (SSSR count). The number of nitrogens with zero attached hydrogens (tertiary/aromatic N) is 1. The third-order valence-corrected chi connectivity index (χ3v) is 2.92. The summed E-state index contributed by atoms with van der Waals surface area (Å²) < 4.78 is 39.9. The summed E-state index contributed by atoms with van der Waals surface area (Å²) in [6, 6.07) is 0.122. The van der Waals surface area contributed by atoms with Gasteiger partial charge in [-0.15, -0.1) is 0 Å². The van der Waals surface area contributed by atoms with Crippen molar-refractivity contribution in [3.8, 4) is 0 Å². The van der Waals surface area contributed by atoms with Gasteiger partial charge in [0, 0.05) is 19.1 Å². The van der Waals surface area contributed by atoms with Crippen LogP contribution < -0.4 is 5.73 Å². The minimum atomic E-state index is -4.23. The monoisotopic (exact) mass is 240 g/mol. The van der Waals surface area contributed by atoms with Gasteiger partial charge in [0.1, 0.15) is 6.61 Å². The van der Waals surface area contributed by atoms with Crippen molar-refractivity contribution in [3.63, 3.8) is 0 Å². The minimum Gasteiger partial charge on any atom is -0.371 e. The molecule has 0 saturated carbocycles. The molecule has 2 unspecified atom stereocenters. The fraction of sp³-hybridized carbons (Fsp3) is 1.00. The molecule has 0 aromatic rings. The second-order valence-electron chi connectivity index (χ2n) is 4.40. The van der Waals surface area contributed by atoms with Gasteiger partial charge in [-0.2, -0.15) is 13.2 Å². The Bertz CT molecular complexity index is 211. The second-order valence-corrected chi connectivity index (χ2v) is 4.40. The van der Waals surface area contributed by atoms with Crippen molar-refractivity contribution in [1.29, 1.82) is 0 Å². The first-order valence-electron chi connectivity index (χ1n) is 5.51. The van der Waals surface area contributed by atoms with Gasteiger partial charge in [0.25, 0.3) is 0 Å². The van der Waals surface area contributed by atoms with Crippen LogP contribution in [0.4, 0.5) is 13.2 Å². The first kappa shape index (κ1) is 13.7. The molecule has 2 N–H and O–H groups in total. The van der Waals surface area contributed by atoms with Crippen molar-refractivity contribution >= 4 is 0 Å². The van der Waals surface area contributed by atoms with Crippen molar-refractivity contribution in [1.82, 2.24) is 4.90 Å². The van der Waals surface area contributed by atoms with E-state index in [1.165, 1.54) is 0 Å². The molecule has 0 aromatic carbocycles. The molecule has 1 aliphatic heterocycles. The van der Waals surface area contributed by atoms with E-state index in [-0.39, 0.29) is 12.6 Å². The largest absolute Gasteiger partial charge is 0.411 e. The van der Waals surface area contributed by atoms with Gasteiger partial charge < -0.3 is 10.5 Å². The number of halogens is 3. The van der Waals surface area contributed by atoms with Gasteiger partial charge >= 0.3 is 6.18 Å². The third-order valence-electron chi connectivity index (χ3n) is 2.92. The van der Waals surface area contributed by atoms with E-state index in [2.05, 4.69) is 16.6 Å². The van der Waals surface area contributed by atoms with E-state index < -0.39 is 12.8 Å². The predicted octanol–water partition coefficient (Wildman–Crippen LogP) is 1.23. The van der Waals surface area contributed by atoms with Gasteiger partial charge in [-0.1, -0.05) is 6.92 Å². The Morgan fingerprint density at radius 1 is 1.44 bits per heavy atom. The molecule has 96 valence electrons. The normalized spacial score (nSPS) is 28.3. The van der Waals surface area contributed by atoms with Crippen molar-refractivity contribution < 1.29 is 17.9 Å². The molecule has 0 aromatic heterocycles. The molecule has 1 heterocycles. The van der Waals surface area contributed by atoms with E-state index in [9.17, 15) is 13.2 Å². The Morgan fingerprint density at radius 3 is 2.69 bits per heavy atom. The molecular weight excluding hydrogens is 221 g/mol. The van der Waals surface area contributed by atoms with Crippen LogP contribution in [0.1, 0.15) is 13.3 Å². The zero-order valence-electron chi connectivity index (χ0n) is 9.46. The van der Waals surface area contributed by atoms with E-state index in [4.69, 9.17) is 5.73 Å². The molecule has 2 atom stereocenters. The van der Waals surface area contributed by atoms with Crippen LogP contribution in [0, 0.1) is 5.92 Å². The Balaban J connectivity index is 2.10. The summed E-state index contributed by atoms with van der Waals surface area (Å²) in [6.07, 6.45) is -3.23. The highest BCUT2D eigenvalue weighted by Gasteiger charge is 2.28. The molecule has 3 nitrogen and oxygen atoms in total. The number of alkyl halides is 3. The number of nitrogens with two attached hydrogens (primary N) is 1. The molecule has 1 fully saturated rings. The average molecular weight is 240 g/mol. The standard InChI is InChI=1S/C10H19F3N2O/c1-8-2-3-15(6-9(8)14)4-5-16-7-10(11,12)13/h8-9H,2-7,14H2,1H3. The summed E-state index contributed by atoms with van der Waals surface area (Å²) in [5, 5.41) is 0. The molecule has 0 radical (unpaired) electrons. The van der Waals surface area contributed by atoms with Crippen LogP contribution in [0.2, 0.25) is 0 Å². The van der Waals surface area contributed by atoms with Gasteiger partial charge in [-0.05, 0) is 18.9 Å². The predicted molar refractivity (Wildman–Crippen MR) is 55.1 cm³/mol. The van der Waals surface area contributed by atoms with E-state index in [0.717, 1.165) is 19.5 Å². The zero-order chi connectivity index (χ0) is 12.2. The van der Waals surface area contributed by atoms with Crippen LogP contribution in [0.3, 0.4) is 0 Å². The minimum absolute atomic E-state index is 0.112. The van der Waals surface area contributed by atoms with Gasteiger partial charge in [-0.3, -0.25) is 4.90 Å². The number of likely N-dealkylation sites (tertiary alicyclic amines) is 1. The second kappa shape index (κ2) is 5.84. The van der Waals surface area contributed by atoms with E-state index in [0.29, 0.717) is 12.5 Å². The van der Waals surface area contributed by atoms with Crippen molar-refractivity contribution in [3.05, 3.63) is 0 Å². The first-order chi connectivity index (χ1) is 7.38. The summed E-state index contributed by atoms with van der Waals surface area (Å²) in [5.74, 6) is 0.493. The maximum atomic E-state index is 11.8. The SMILES string of the molecule is CC1CCN(CCOCC(F)(F)F)CC1N. The molecule has 0 spiro atoms. The number of hydrogen-bond donors (Lipinski definition) is 1. The van der Waals surface area contributed by atoms with Gasteiger partial charge in [0.05, 0.1) is 6.61 Å². The fourth-order valence-electron chi connectivity index (χ4n) is 1.75. The topological polar surface area (TPSA) is 38.5 Å². The van der Waals surface area contributed by atoms with Crippen LogP contribution in [-0.2, 0) is 4.74 Å². The molecule has 0 aliphatic carbocycles. The highest BCUT2D eigenvalue weighted by atomic mass is 19.4. The summed E-state index contributed by atoms with van der Waals surface area (Å²) in [6.45, 7) is 3.21. The number of rotatable bonds is 4. The van der Waals surface area contributed by atoms with Crippen LogP contribution >= 0.6 is 0 Å². The fourth-order valence-corrected chi connectivity index (χ4v) is 1.75. The lowest BCUT2D eigenvalue weighted by Crippen LogP contribution is -2.48. The van der Waals surface area contributed by atoms with Crippen LogP contribution in [0.5, 0.6) is 0 Å². The lowest BCUT2D eigenvalue weighted by atomic mass is 9.94. The van der Waals surface area contributed by atoms with Crippen LogP contribution in [0.15, 0.2) is 0 Å². The quantitative estimate of drug-likeness (QED) is 0.751. The van der Waals surface area contributed by atoms with Crippen molar-refractivity contribution in [2.75, 3.05) is 32.8 Å². The molecule has 16 heavy (non-hydrogen) atoms. The maximum absolute atomic E-state index is 11.8. The third kappa shape index (κ3) is 5.14. The molecule has 1 aliphatic rings. The van der Waals surface area contributed by atoms with Crippen LogP contribution in [0.25, 0.3) is 0 Å². The Hall–Kier alpha value is -0.330. The maximum Gasteiger partial charge on any atom is 0.411 e. The van der Waals surface area contributed by atoms with E-state index in [1.54, 1.807) is 0 Å². The lowest BCUT2D eigenvalue weighted by molar-refractivity contribution is -0.174. The number of hydrogen-bond acceptors (Lipinski definition) is 3. The van der Waals surface area contributed by atoms with Crippen LogP contribution in [-0.4, -0.2) is 50.0 Å². The van der Waals surface area contributed by atoms with Crippen molar-refractivity contribution in [2.45, 2.75) is 25.6 Å². The smallest absolute Gasteiger partial charge is 0.371 e. The van der Waals surface area contributed by atoms with E-state index in [1.807, 2.05) is 0 Å². The zero-order valence-corrected chi connectivity index (χ0v) is 9.46. The molecule has 0 bridgehead atoms. The summed E-state index contributed by atoms with van der Waals surface area (Å²) in [5.41, 5.74) is 5.88. The number of piperidine rings is 1. The highest BCUT2D eigenvalue weighted by Crippen LogP contribution is 2.16. The average Bonchev–Trinajstić information content (AvgIpc) is 2.17. The molecule has 0 amide bonds. The first-order valence-corrected chi connectivity index (χ1v) is 5.51. The highest BCUT2D eigenvalue weighted by molar-refractivity contribution is 4.80. The number of ether oxygens (including phenoxy) is 1.